The molecule has 1 aromatic heterocycles. The molecule has 1 heterocycles. The Kier molecular flexibility index (Phi) is 3.59. The highest BCUT2D eigenvalue weighted by atomic mass is 32.1. The molecule has 0 amide bonds. The van der Waals surface area contributed by atoms with Crippen LogP contribution in [0.15, 0.2) is 53.5 Å². The summed E-state index contributed by atoms with van der Waals surface area (Å²) >= 11 is 1.63. The topological polar surface area (TPSA) is 27.0 Å². The molecule has 0 fully saturated rings. The lowest BCUT2D eigenvalue weighted by Crippen LogP contribution is -2.14. The average molecular weight is 240 g/mol. The minimum Gasteiger partial charge on any atom is -0.336 e. The first kappa shape index (κ1) is 11.4. The van der Waals surface area contributed by atoms with Gasteiger partial charge >= 0.3 is 0 Å². The first-order valence-electron chi connectivity index (χ1n) is 5.25. The lowest BCUT2D eigenvalue weighted by atomic mass is 10.2. The number of para-hydroxylation sites is 1. The van der Waals surface area contributed by atoms with E-state index in [4.69, 9.17) is 0 Å². The summed E-state index contributed by atoms with van der Waals surface area (Å²) in [6.07, 6.45) is 1.90. The summed E-state index contributed by atoms with van der Waals surface area (Å²) in [5.41, 5.74) is 1.65. The molecule has 0 saturated heterocycles. The fourth-order valence-electron chi connectivity index (χ4n) is 1.50. The standard InChI is InChI=1S/C14H12N2S/c1-16(12-6-3-2-4-7-12)13(11-15)10-14-8-5-9-17-14/h2-10H,1H3. The fourth-order valence-corrected chi connectivity index (χ4v) is 2.15. The van der Waals surface area contributed by atoms with Gasteiger partial charge in [0.05, 0.1) is 0 Å². The molecular formula is C14H12N2S. The Hall–Kier alpha value is -2.05. The van der Waals surface area contributed by atoms with Crippen LogP contribution in [0, 0.1) is 11.3 Å². The average Bonchev–Trinajstić information content (AvgIpc) is 2.89. The molecule has 84 valence electrons. The van der Waals surface area contributed by atoms with E-state index in [1.165, 1.54) is 0 Å². The van der Waals surface area contributed by atoms with Gasteiger partial charge in [0.15, 0.2) is 0 Å². The molecule has 2 nitrogen and oxygen atoms in total. The van der Waals surface area contributed by atoms with E-state index in [0.717, 1.165) is 10.6 Å². The molecule has 3 heteroatoms. The molecule has 0 bridgehead atoms. The summed E-state index contributed by atoms with van der Waals surface area (Å²) in [4.78, 5) is 2.98. The molecule has 0 aliphatic rings. The third kappa shape index (κ3) is 2.74. The second-order valence-corrected chi connectivity index (χ2v) is 4.53. The van der Waals surface area contributed by atoms with Crippen LogP contribution >= 0.6 is 11.3 Å². The predicted octanol–water partition coefficient (Wildman–Crippen LogP) is 3.75. The maximum absolute atomic E-state index is 9.20. The summed E-state index contributed by atoms with van der Waals surface area (Å²) < 4.78 is 0. The number of anilines is 1. The number of nitriles is 1. The summed E-state index contributed by atoms with van der Waals surface area (Å²) in [6.45, 7) is 0. The van der Waals surface area contributed by atoms with Crippen LogP contribution in [-0.2, 0) is 0 Å². The number of thiophene rings is 1. The van der Waals surface area contributed by atoms with E-state index in [1.807, 2.05) is 65.9 Å². The van der Waals surface area contributed by atoms with Gasteiger partial charge in [0.1, 0.15) is 11.8 Å². The van der Waals surface area contributed by atoms with Crippen LogP contribution in [0.1, 0.15) is 4.88 Å². The molecule has 1 aromatic carbocycles. The van der Waals surface area contributed by atoms with E-state index in [0.29, 0.717) is 5.70 Å². The lowest BCUT2D eigenvalue weighted by molar-refractivity contribution is 1.15. The summed E-state index contributed by atoms with van der Waals surface area (Å²) in [6, 6.07) is 16.1. The van der Waals surface area contributed by atoms with Gasteiger partial charge in [0.2, 0.25) is 0 Å². The number of hydrogen-bond donors (Lipinski definition) is 0. The van der Waals surface area contributed by atoms with Crippen LogP contribution in [0.25, 0.3) is 6.08 Å². The lowest BCUT2D eigenvalue weighted by Gasteiger charge is -2.17. The van der Waals surface area contributed by atoms with Gasteiger partial charge in [-0.15, -0.1) is 11.3 Å². The van der Waals surface area contributed by atoms with Gasteiger partial charge < -0.3 is 4.90 Å². The molecular weight excluding hydrogens is 228 g/mol. The summed E-state index contributed by atoms with van der Waals surface area (Å²) in [7, 11) is 1.90. The van der Waals surface area contributed by atoms with Crippen molar-refractivity contribution in [1.29, 1.82) is 5.26 Å². The minimum atomic E-state index is 0.638. The number of hydrogen-bond acceptors (Lipinski definition) is 3. The van der Waals surface area contributed by atoms with Crippen molar-refractivity contribution in [1.82, 2.24) is 0 Å². The predicted molar refractivity (Wildman–Crippen MR) is 72.8 cm³/mol. The first-order chi connectivity index (χ1) is 8.31. The van der Waals surface area contributed by atoms with Crippen LogP contribution in [-0.4, -0.2) is 7.05 Å². The van der Waals surface area contributed by atoms with Crippen LogP contribution in [0.2, 0.25) is 0 Å². The summed E-state index contributed by atoms with van der Waals surface area (Å²) in [5, 5.41) is 11.2. The van der Waals surface area contributed by atoms with Crippen LogP contribution in [0.4, 0.5) is 5.69 Å². The quantitative estimate of drug-likeness (QED) is 0.764. The molecule has 0 unspecified atom stereocenters. The van der Waals surface area contributed by atoms with Gasteiger partial charge in [0.25, 0.3) is 0 Å². The second kappa shape index (κ2) is 5.33. The van der Waals surface area contributed by atoms with Gasteiger partial charge in [-0.25, -0.2) is 0 Å². The zero-order chi connectivity index (χ0) is 12.1. The highest BCUT2D eigenvalue weighted by Crippen LogP contribution is 2.20. The maximum Gasteiger partial charge on any atom is 0.121 e. The molecule has 0 aliphatic carbocycles. The monoisotopic (exact) mass is 240 g/mol. The van der Waals surface area contributed by atoms with Gasteiger partial charge in [-0.3, -0.25) is 0 Å². The van der Waals surface area contributed by atoms with Crippen LogP contribution in [0.3, 0.4) is 0 Å². The van der Waals surface area contributed by atoms with E-state index in [-0.39, 0.29) is 0 Å². The molecule has 0 radical (unpaired) electrons. The Morgan fingerprint density at radius 1 is 1.24 bits per heavy atom. The van der Waals surface area contributed by atoms with Crippen LogP contribution < -0.4 is 4.90 Å². The Labute approximate surface area is 105 Å². The van der Waals surface area contributed by atoms with Gasteiger partial charge in [-0.1, -0.05) is 24.3 Å². The van der Waals surface area contributed by atoms with E-state index in [2.05, 4.69) is 6.07 Å². The Morgan fingerprint density at radius 3 is 2.59 bits per heavy atom. The van der Waals surface area contributed by atoms with Crippen molar-refractivity contribution >= 4 is 23.1 Å². The highest BCUT2D eigenvalue weighted by Gasteiger charge is 2.06. The van der Waals surface area contributed by atoms with Crippen molar-refractivity contribution in [3.63, 3.8) is 0 Å². The second-order valence-electron chi connectivity index (χ2n) is 3.55. The normalized spacial score (nSPS) is 10.9. The van der Waals surface area contributed by atoms with Crippen molar-refractivity contribution in [2.75, 3.05) is 11.9 Å². The molecule has 0 N–H and O–H groups in total. The Morgan fingerprint density at radius 2 is 2.00 bits per heavy atom. The highest BCUT2D eigenvalue weighted by molar-refractivity contribution is 7.10. The number of allylic oxidation sites excluding steroid dienone is 1. The van der Waals surface area contributed by atoms with E-state index in [9.17, 15) is 5.26 Å². The van der Waals surface area contributed by atoms with Gasteiger partial charge in [-0.05, 0) is 29.7 Å². The zero-order valence-electron chi connectivity index (χ0n) is 9.50. The Balaban J connectivity index is 2.29. The number of nitrogens with zero attached hydrogens (tertiary/aromatic N) is 2. The maximum atomic E-state index is 9.20. The van der Waals surface area contributed by atoms with E-state index < -0.39 is 0 Å². The molecule has 0 saturated carbocycles. The molecule has 0 atom stereocenters. The molecule has 2 aromatic rings. The molecule has 0 spiro atoms. The minimum absolute atomic E-state index is 0.638. The van der Waals surface area contributed by atoms with Crippen molar-refractivity contribution in [3.8, 4) is 6.07 Å². The summed E-state index contributed by atoms with van der Waals surface area (Å²) in [5.74, 6) is 0. The molecule has 17 heavy (non-hydrogen) atoms. The van der Waals surface area contributed by atoms with E-state index >= 15 is 0 Å². The first-order valence-corrected chi connectivity index (χ1v) is 6.13. The van der Waals surface area contributed by atoms with Crippen molar-refractivity contribution < 1.29 is 0 Å². The van der Waals surface area contributed by atoms with E-state index in [1.54, 1.807) is 11.3 Å². The SMILES string of the molecule is CN(C(C#N)=Cc1cccs1)c1ccccc1. The molecule has 0 aliphatic heterocycles. The Bertz CT molecular complexity index is 535. The van der Waals surface area contributed by atoms with Crippen LogP contribution in [0.5, 0.6) is 0 Å². The number of rotatable bonds is 3. The smallest absolute Gasteiger partial charge is 0.121 e. The van der Waals surface area contributed by atoms with Gasteiger partial charge in [-0.2, -0.15) is 5.26 Å². The largest absolute Gasteiger partial charge is 0.336 e. The third-order valence-electron chi connectivity index (χ3n) is 2.44. The fraction of sp³-hybridized carbons (Fsp3) is 0.0714. The number of benzene rings is 1. The van der Waals surface area contributed by atoms with Crippen molar-refractivity contribution in [2.24, 2.45) is 0 Å². The van der Waals surface area contributed by atoms with Crippen molar-refractivity contribution in [2.45, 2.75) is 0 Å². The molecule has 2 rings (SSSR count). The third-order valence-corrected chi connectivity index (χ3v) is 3.26. The van der Waals surface area contributed by atoms with Gasteiger partial charge in [0, 0.05) is 17.6 Å². The van der Waals surface area contributed by atoms with Crippen molar-refractivity contribution in [3.05, 3.63) is 58.4 Å². The zero-order valence-corrected chi connectivity index (χ0v) is 10.3.